The number of hydrogen-bond acceptors (Lipinski definition) is 4. The second-order valence-corrected chi connectivity index (χ2v) is 7.39. The Morgan fingerprint density at radius 1 is 1.29 bits per heavy atom. The van der Waals surface area contributed by atoms with E-state index in [0.29, 0.717) is 32.4 Å². The highest BCUT2D eigenvalue weighted by Gasteiger charge is 2.28. The van der Waals surface area contributed by atoms with E-state index in [2.05, 4.69) is 0 Å². The van der Waals surface area contributed by atoms with Crippen molar-refractivity contribution in [1.82, 2.24) is 9.80 Å². The summed E-state index contributed by atoms with van der Waals surface area (Å²) in [5.74, 6) is -0.318. The van der Waals surface area contributed by atoms with Crippen molar-refractivity contribution < 1.29 is 24.2 Å². The molecule has 1 saturated heterocycles. The first-order valence-electron chi connectivity index (χ1n) is 9.72. The zero-order valence-electron chi connectivity index (χ0n) is 16.9. The molecule has 0 spiro atoms. The molecule has 1 heterocycles. The summed E-state index contributed by atoms with van der Waals surface area (Å²) in [5.41, 5.74) is 1.06. The van der Waals surface area contributed by atoms with Gasteiger partial charge in [0.2, 0.25) is 11.8 Å². The molecule has 1 N–H and O–H groups in total. The molecule has 1 aromatic carbocycles. The summed E-state index contributed by atoms with van der Waals surface area (Å²) >= 11 is 0. The van der Waals surface area contributed by atoms with Crippen LogP contribution in [0.15, 0.2) is 24.3 Å². The van der Waals surface area contributed by atoms with Gasteiger partial charge in [-0.2, -0.15) is 0 Å². The second kappa shape index (κ2) is 10.1. The molecule has 2 rings (SSSR count). The van der Waals surface area contributed by atoms with E-state index in [1.54, 1.807) is 7.11 Å². The molecule has 1 aliphatic rings. The molecule has 0 bridgehead atoms. The number of amides is 2. The van der Waals surface area contributed by atoms with E-state index in [0.717, 1.165) is 17.7 Å². The molecule has 0 radical (unpaired) electrons. The average Bonchev–Trinajstić information content (AvgIpc) is 2.91. The molecule has 7 nitrogen and oxygen atoms in total. The molecule has 7 heteroatoms. The van der Waals surface area contributed by atoms with Gasteiger partial charge in [-0.3, -0.25) is 14.4 Å². The minimum absolute atomic E-state index is 0.0716. The zero-order chi connectivity index (χ0) is 20.7. The van der Waals surface area contributed by atoms with Crippen LogP contribution in [0.3, 0.4) is 0 Å². The molecular weight excluding hydrogens is 360 g/mol. The molecule has 2 unspecified atom stereocenters. The Bertz CT molecular complexity index is 706. The van der Waals surface area contributed by atoms with Crippen LogP contribution in [-0.2, 0) is 14.4 Å². The number of methoxy groups -OCH3 is 1. The van der Waals surface area contributed by atoms with Crippen molar-refractivity contribution in [3.63, 3.8) is 0 Å². The van der Waals surface area contributed by atoms with Crippen LogP contribution in [0, 0.1) is 0 Å². The predicted octanol–water partition coefficient (Wildman–Crippen LogP) is 2.50. The Morgan fingerprint density at radius 2 is 2.04 bits per heavy atom. The van der Waals surface area contributed by atoms with Crippen molar-refractivity contribution in [3.8, 4) is 5.75 Å². The molecular formula is C21H30N2O5. The van der Waals surface area contributed by atoms with Crippen molar-refractivity contribution in [2.24, 2.45) is 0 Å². The van der Waals surface area contributed by atoms with Crippen LogP contribution in [0.25, 0.3) is 0 Å². The normalized spacial score (nSPS) is 18.1. The van der Waals surface area contributed by atoms with Gasteiger partial charge in [0.15, 0.2) is 0 Å². The smallest absolute Gasteiger partial charge is 0.323 e. The summed E-state index contributed by atoms with van der Waals surface area (Å²) in [6, 6.07) is 7.61. The van der Waals surface area contributed by atoms with Gasteiger partial charge >= 0.3 is 5.97 Å². The van der Waals surface area contributed by atoms with Crippen LogP contribution in [0.5, 0.6) is 5.75 Å². The van der Waals surface area contributed by atoms with E-state index in [-0.39, 0.29) is 30.3 Å². The average molecular weight is 390 g/mol. The summed E-state index contributed by atoms with van der Waals surface area (Å²) in [7, 11) is 1.62. The highest BCUT2D eigenvalue weighted by molar-refractivity contribution is 5.80. The first kappa shape index (κ1) is 21.7. The number of likely N-dealkylation sites (tertiary alicyclic amines) is 1. The fourth-order valence-electron chi connectivity index (χ4n) is 3.74. The SMILES string of the molecule is COc1cccc(C(C)CC(=O)N2CCCC(N(CC(=O)O)C(C)=O)CC2)c1. The van der Waals surface area contributed by atoms with Gasteiger partial charge in [-0.05, 0) is 42.9 Å². The number of carboxylic acids is 1. The quantitative estimate of drug-likeness (QED) is 0.773. The highest BCUT2D eigenvalue weighted by atomic mass is 16.5. The van der Waals surface area contributed by atoms with Crippen molar-refractivity contribution in [2.45, 2.75) is 51.5 Å². The highest BCUT2D eigenvalue weighted by Crippen LogP contribution is 2.25. The van der Waals surface area contributed by atoms with E-state index in [1.807, 2.05) is 36.1 Å². The third-order valence-corrected chi connectivity index (χ3v) is 5.34. The number of ether oxygens (including phenoxy) is 1. The van der Waals surface area contributed by atoms with E-state index in [1.165, 1.54) is 11.8 Å². The first-order chi connectivity index (χ1) is 13.3. The number of hydrogen-bond donors (Lipinski definition) is 1. The molecule has 0 aromatic heterocycles. The van der Waals surface area contributed by atoms with Crippen LogP contribution < -0.4 is 4.74 Å². The molecule has 2 atom stereocenters. The molecule has 1 fully saturated rings. The minimum Gasteiger partial charge on any atom is -0.497 e. The van der Waals surface area contributed by atoms with Gasteiger partial charge in [0.25, 0.3) is 0 Å². The van der Waals surface area contributed by atoms with Crippen molar-refractivity contribution in [1.29, 1.82) is 0 Å². The lowest BCUT2D eigenvalue weighted by Crippen LogP contribution is -2.43. The number of carbonyl (C=O) groups excluding carboxylic acids is 2. The number of carbonyl (C=O) groups is 3. The Morgan fingerprint density at radius 3 is 2.68 bits per heavy atom. The zero-order valence-corrected chi connectivity index (χ0v) is 16.9. The topological polar surface area (TPSA) is 87.2 Å². The van der Waals surface area contributed by atoms with E-state index < -0.39 is 5.97 Å². The van der Waals surface area contributed by atoms with Gasteiger partial charge in [-0.15, -0.1) is 0 Å². The molecule has 0 aliphatic carbocycles. The van der Waals surface area contributed by atoms with Gasteiger partial charge in [0, 0.05) is 32.5 Å². The Hall–Kier alpha value is -2.57. The van der Waals surface area contributed by atoms with Crippen LogP contribution in [0.4, 0.5) is 0 Å². The third-order valence-electron chi connectivity index (χ3n) is 5.34. The standard InChI is InChI=1S/C21H30N2O5/c1-15(17-6-4-8-19(13-17)28-3)12-20(25)22-10-5-7-18(9-11-22)23(16(2)24)14-21(26)27/h4,6,8,13,15,18H,5,7,9-12,14H2,1-3H3,(H,26,27). The number of aliphatic carboxylic acids is 1. The largest absolute Gasteiger partial charge is 0.497 e. The number of carboxylic acid groups (broad SMARTS) is 1. The molecule has 1 aromatic rings. The number of rotatable bonds is 7. The second-order valence-electron chi connectivity index (χ2n) is 7.39. The van der Waals surface area contributed by atoms with Gasteiger partial charge in [0.05, 0.1) is 7.11 Å². The molecule has 1 aliphatic heterocycles. The Labute approximate surface area is 166 Å². The van der Waals surface area contributed by atoms with Crippen LogP contribution >= 0.6 is 0 Å². The summed E-state index contributed by atoms with van der Waals surface area (Å²) < 4.78 is 5.25. The lowest BCUT2D eigenvalue weighted by Gasteiger charge is -2.29. The summed E-state index contributed by atoms with van der Waals surface area (Å²) in [6.45, 7) is 4.31. The predicted molar refractivity (Wildman–Crippen MR) is 105 cm³/mol. The lowest BCUT2D eigenvalue weighted by molar-refractivity contribution is -0.145. The Balaban J connectivity index is 1.96. The third kappa shape index (κ3) is 5.97. The summed E-state index contributed by atoms with van der Waals surface area (Å²) in [5, 5.41) is 9.05. The van der Waals surface area contributed by atoms with Crippen LogP contribution in [0.1, 0.15) is 51.0 Å². The maximum absolute atomic E-state index is 12.8. The first-order valence-corrected chi connectivity index (χ1v) is 9.72. The fraction of sp³-hybridized carbons (Fsp3) is 0.571. The van der Waals surface area contributed by atoms with Crippen molar-refractivity contribution in [3.05, 3.63) is 29.8 Å². The van der Waals surface area contributed by atoms with Crippen molar-refractivity contribution >= 4 is 17.8 Å². The van der Waals surface area contributed by atoms with Gasteiger partial charge in [-0.25, -0.2) is 0 Å². The van der Waals surface area contributed by atoms with E-state index >= 15 is 0 Å². The number of nitrogens with zero attached hydrogens (tertiary/aromatic N) is 2. The molecule has 2 amide bonds. The van der Waals surface area contributed by atoms with Gasteiger partial charge in [-0.1, -0.05) is 19.1 Å². The molecule has 28 heavy (non-hydrogen) atoms. The summed E-state index contributed by atoms with van der Waals surface area (Å²) in [6.07, 6.45) is 2.48. The minimum atomic E-state index is -1.01. The molecule has 154 valence electrons. The summed E-state index contributed by atoms with van der Waals surface area (Å²) in [4.78, 5) is 38.9. The lowest BCUT2D eigenvalue weighted by atomic mass is 9.97. The fourth-order valence-corrected chi connectivity index (χ4v) is 3.74. The van der Waals surface area contributed by atoms with Gasteiger partial charge < -0.3 is 19.6 Å². The maximum Gasteiger partial charge on any atom is 0.323 e. The molecule has 0 saturated carbocycles. The Kier molecular flexibility index (Phi) is 7.84. The number of benzene rings is 1. The van der Waals surface area contributed by atoms with Crippen LogP contribution in [-0.4, -0.2) is 65.5 Å². The van der Waals surface area contributed by atoms with E-state index in [4.69, 9.17) is 9.84 Å². The van der Waals surface area contributed by atoms with E-state index in [9.17, 15) is 14.4 Å². The van der Waals surface area contributed by atoms with Gasteiger partial charge in [0.1, 0.15) is 12.3 Å². The van der Waals surface area contributed by atoms with Crippen LogP contribution in [0.2, 0.25) is 0 Å². The van der Waals surface area contributed by atoms with Crippen molar-refractivity contribution in [2.75, 3.05) is 26.7 Å². The maximum atomic E-state index is 12.8. The monoisotopic (exact) mass is 390 g/mol.